The first-order chi connectivity index (χ1) is 18.9. The normalized spacial score (nSPS) is 14.4. The number of fused-ring (bicyclic) bond motifs is 4. The predicted molar refractivity (Wildman–Crippen MR) is 148 cm³/mol. The van der Waals surface area contributed by atoms with E-state index in [0.717, 1.165) is 42.9 Å². The predicted octanol–water partition coefficient (Wildman–Crippen LogP) is 5.97. The smallest absolute Gasteiger partial charge is 0.411 e. The summed E-state index contributed by atoms with van der Waals surface area (Å²) in [5.74, 6) is 1.66. The van der Waals surface area contributed by atoms with Crippen molar-refractivity contribution in [1.82, 2.24) is 19.9 Å². The van der Waals surface area contributed by atoms with Crippen molar-refractivity contribution in [3.05, 3.63) is 59.0 Å². The first-order valence-electron chi connectivity index (χ1n) is 12.0. The van der Waals surface area contributed by atoms with Crippen LogP contribution in [0.3, 0.4) is 0 Å². The quantitative estimate of drug-likeness (QED) is 0.258. The Morgan fingerprint density at radius 1 is 1.15 bits per heavy atom. The van der Waals surface area contributed by atoms with Gasteiger partial charge in [0.15, 0.2) is 17.6 Å². The molecule has 0 saturated heterocycles. The zero-order valence-electron chi connectivity index (χ0n) is 21.1. The number of nitrogens with zero attached hydrogens (tertiary/aromatic N) is 4. The van der Waals surface area contributed by atoms with E-state index in [1.54, 1.807) is 25.4 Å². The number of nitrogens with one attached hydrogen (secondary N) is 1. The largest absolute Gasteiger partial charge is 0.484 e. The number of thiazole rings is 1. The molecular weight excluding hydrogens is 542 g/mol. The lowest BCUT2D eigenvalue weighted by Crippen LogP contribution is -2.35. The average Bonchev–Trinajstić information content (AvgIpc) is 3.38. The molecule has 1 amide bonds. The van der Waals surface area contributed by atoms with Crippen molar-refractivity contribution < 1.29 is 23.7 Å². The number of carbonyl (C=O) groups excluding carboxylic acids is 1. The van der Waals surface area contributed by atoms with Crippen molar-refractivity contribution in [1.29, 1.82) is 0 Å². The molecule has 1 aliphatic rings. The summed E-state index contributed by atoms with van der Waals surface area (Å²) in [5.41, 5.74) is 5.65. The van der Waals surface area contributed by atoms with Gasteiger partial charge < -0.3 is 18.9 Å². The highest BCUT2D eigenvalue weighted by molar-refractivity contribution is 7.22. The van der Waals surface area contributed by atoms with Crippen LogP contribution in [0.1, 0.15) is 11.1 Å². The molecule has 4 heterocycles. The number of pyridine rings is 1. The van der Waals surface area contributed by atoms with Gasteiger partial charge in [-0.25, -0.2) is 24.7 Å². The number of aryl methyl sites for hydroxylation is 2. The standard InChI is InChI=1S/C27H22ClN5O5S/c1-13-6-17(23-18(7-13)32-21(35-3)10-30-23)26-33-22-14(2)8-19-24(25(22)39-26)36-11-16(38-19)12-37-27(34)31-15-4-5-20(28)29-9-15/h4-10,16H,11-12H2,1-3H3,(H,31,34)/t16-/m1/s1. The maximum absolute atomic E-state index is 12.2. The fourth-order valence-corrected chi connectivity index (χ4v) is 5.54. The highest BCUT2D eigenvalue weighted by Crippen LogP contribution is 2.46. The summed E-state index contributed by atoms with van der Waals surface area (Å²) in [7, 11) is 1.57. The van der Waals surface area contributed by atoms with Gasteiger partial charge in [0.25, 0.3) is 0 Å². The third-order valence-corrected chi connectivity index (χ3v) is 7.38. The fourth-order valence-electron chi connectivity index (χ4n) is 4.28. The van der Waals surface area contributed by atoms with Crippen LogP contribution < -0.4 is 19.5 Å². The molecule has 0 unspecified atom stereocenters. The van der Waals surface area contributed by atoms with E-state index >= 15 is 0 Å². The Labute approximate surface area is 231 Å². The summed E-state index contributed by atoms with van der Waals surface area (Å²) in [6.07, 6.45) is 1.95. The summed E-state index contributed by atoms with van der Waals surface area (Å²) >= 11 is 7.28. The van der Waals surface area contributed by atoms with E-state index in [0.29, 0.717) is 28.2 Å². The topological polar surface area (TPSA) is 118 Å². The number of anilines is 1. The third kappa shape index (κ3) is 4.98. The van der Waals surface area contributed by atoms with E-state index in [1.165, 1.54) is 17.5 Å². The van der Waals surface area contributed by atoms with Crippen LogP contribution in [0.5, 0.6) is 17.4 Å². The summed E-state index contributed by atoms with van der Waals surface area (Å²) in [6, 6.07) is 9.13. The zero-order valence-corrected chi connectivity index (χ0v) is 22.7. The zero-order chi connectivity index (χ0) is 27.1. The molecule has 0 spiro atoms. The minimum atomic E-state index is -0.627. The Hall–Kier alpha value is -4.22. The molecule has 198 valence electrons. The second-order valence-electron chi connectivity index (χ2n) is 8.95. The van der Waals surface area contributed by atoms with Crippen LogP contribution in [-0.2, 0) is 4.74 Å². The van der Waals surface area contributed by atoms with Crippen LogP contribution in [0.4, 0.5) is 10.5 Å². The molecule has 5 aromatic rings. The molecule has 0 fully saturated rings. The fraction of sp³-hybridized carbons (Fsp3) is 0.222. The molecular formula is C27H22ClN5O5S. The van der Waals surface area contributed by atoms with E-state index in [9.17, 15) is 4.79 Å². The summed E-state index contributed by atoms with van der Waals surface area (Å²) in [5, 5.41) is 3.74. The Kier molecular flexibility index (Phi) is 6.53. The average molecular weight is 564 g/mol. The first kappa shape index (κ1) is 25.1. The maximum atomic E-state index is 12.2. The number of benzene rings is 2. The Morgan fingerprint density at radius 2 is 2.03 bits per heavy atom. The van der Waals surface area contributed by atoms with E-state index in [4.69, 9.17) is 35.5 Å². The SMILES string of the molecule is COc1cnc2c(-c3nc4c(C)cc5c(c4s3)OC[C@H](COC(=O)Nc3ccc(Cl)nc3)O5)cc(C)cc2n1. The number of carbonyl (C=O) groups is 1. The molecule has 3 aromatic heterocycles. The van der Waals surface area contributed by atoms with Gasteiger partial charge in [0, 0.05) is 5.56 Å². The molecule has 1 atom stereocenters. The van der Waals surface area contributed by atoms with E-state index < -0.39 is 12.2 Å². The van der Waals surface area contributed by atoms with Crippen LogP contribution in [0.25, 0.3) is 31.8 Å². The lowest BCUT2D eigenvalue weighted by molar-refractivity contribution is 0.0383. The Balaban J connectivity index is 1.24. The second-order valence-corrected chi connectivity index (χ2v) is 10.3. The van der Waals surface area contributed by atoms with Crippen molar-refractivity contribution in [2.45, 2.75) is 20.0 Å². The molecule has 1 aliphatic heterocycles. The van der Waals surface area contributed by atoms with Gasteiger partial charge in [-0.3, -0.25) is 5.32 Å². The summed E-state index contributed by atoms with van der Waals surface area (Å²) in [4.78, 5) is 30.2. The van der Waals surface area contributed by atoms with Crippen molar-refractivity contribution in [2.24, 2.45) is 0 Å². The van der Waals surface area contributed by atoms with E-state index in [-0.39, 0.29) is 13.2 Å². The molecule has 0 radical (unpaired) electrons. The minimum Gasteiger partial charge on any atom is -0.484 e. The first-order valence-corrected chi connectivity index (χ1v) is 13.2. The molecule has 6 rings (SSSR count). The van der Waals surface area contributed by atoms with Gasteiger partial charge in [-0.1, -0.05) is 11.6 Å². The van der Waals surface area contributed by atoms with Crippen LogP contribution in [0, 0.1) is 13.8 Å². The lowest BCUT2D eigenvalue weighted by Gasteiger charge is -2.26. The monoisotopic (exact) mass is 563 g/mol. The number of rotatable bonds is 5. The number of methoxy groups -OCH3 is 1. The molecule has 39 heavy (non-hydrogen) atoms. The highest BCUT2D eigenvalue weighted by atomic mass is 35.5. The number of amides is 1. The molecule has 0 bridgehead atoms. The van der Waals surface area contributed by atoms with E-state index in [2.05, 4.69) is 26.3 Å². The number of ether oxygens (including phenoxy) is 4. The number of hydrogen-bond acceptors (Lipinski definition) is 10. The highest BCUT2D eigenvalue weighted by Gasteiger charge is 2.27. The van der Waals surface area contributed by atoms with Crippen molar-refractivity contribution >= 4 is 56.0 Å². The second kappa shape index (κ2) is 10.2. The summed E-state index contributed by atoms with van der Waals surface area (Å²) < 4.78 is 23.7. The van der Waals surface area contributed by atoms with E-state index in [1.807, 2.05) is 26.0 Å². The third-order valence-electron chi connectivity index (χ3n) is 6.07. The van der Waals surface area contributed by atoms with Crippen molar-refractivity contribution in [3.63, 3.8) is 0 Å². The molecule has 10 nitrogen and oxygen atoms in total. The van der Waals surface area contributed by atoms with Crippen molar-refractivity contribution in [3.8, 4) is 28.0 Å². The van der Waals surface area contributed by atoms with Crippen LogP contribution in [-0.4, -0.2) is 52.5 Å². The van der Waals surface area contributed by atoms with Gasteiger partial charge in [0.2, 0.25) is 5.88 Å². The summed E-state index contributed by atoms with van der Waals surface area (Å²) in [6.45, 7) is 4.21. The maximum Gasteiger partial charge on any atom is 0.411 e. The Morgan fingerprint density at radius 3 is 2.82 bits per heavy atom. The number of halogens is 1. The number of aromatic nitrogens is 4. The van der Waals surface area contributed by atoms with Gasteiger partial charge >= 0.3 is 6.09 Å². The van der Waals surface area contributed by atoms with Crippen LogP contribution >= 0.6 is 22.9 Å². The molecule has 12 heteroatoms. The minimum absolute atomic E-state index is 0.00866. The van der Waals surface area contributed by atoms with Gasteiger partial charge in [0.1, 0.15) is 28.1 Å². The van der Waals surface area contributed by atoms with Crippen LogP contribution in [0.15, 0.2) is 42.7 Å². The van der Waals surface area contributed by atoms with Crippen LogP contribution in [0.2, 0.25) is 5.15 Å². The molecule has 1 N–H and O–H groups in total. The Bertz CT molecular complexity index is 1730. The molecule has 0 aliphatic carbocycles. The molecule has 2 aromatic carbocycles. The molecule has 0 saturated carbocycles. The van der Waals surface area contributed by atoms with Crippen molar-refractivity contribution in [2.75, 3.05) is 25.6 Å². The van der Waals surface area contributed by atoms with Gasteiger partial charge in [-0.2, -0.15) is 0 Å². The van der Waals surface area contributed by atoms with Gasteiger partial charge in [-0.15, -0.1) is 11.3 Å². The van der Waals surface area contributed by atoms with Gasteiger partial charge in [0.05, 0.1) is 41.7 Å². The van der Waals surface area contributed by atoms with Gasteiger partial charge in [-0.05, 0) is 55.3 Å². The lowest BCUT2D eigenvalue weighted by atomic mass is 10.1. The number of hydrogen-bond donors (Lipinski definition) is 1.